The van der Waals surface area contributed by atoms with E-state index in [1.807, 2.05) is 34.6 Å². The summed E-state index contributed by atoms with van der Waals surface area (Å²) in [4.78, 5) is 18.1. The summed E-state index contributed by atoms with van der Waals surface area (Å²) in [6.45, 7) is 11.4. The van der Waals surface area contributed by atoms with Gasteiger partial charge in [-0.3, -0.25) is 0 Å². The fourth-order valence-electron chi connectivity index (χ4n) is 2.27. The zero-order chi connectivity index (χ0) is 15.6. The average molecular weight is 295 g/mol. The van der Waals surface area contributed by atoms with Gasteiger partial charge in [0.2, 0.25) is 5.89 Å². The van der Waals surface area contributed by atoms with Gasteiger partial charge in [-0.2, -0.15) is 0 Å². The van der Waals surface area contributed by atoms with E-state index in [1.54, 1.807) is 4.90 Å². The number of carbonyl (C=O) groups excluding carboxylic acids is 1. The number of amides is 1. The maximum absolute atomic E-state index is 12.0. The first kappa shape index (κ1) is 15.8. The van der Waals surface area contributed by atoms with E-state index >= 15 is 0 Å². The van der Waals surface area contributed by atoms with Crippen molar-refractivity contribution in [2.45, 2.75) is 59.2 Å². The molecule has 0 aromatic carbocycles. The summed E-state index contributed by atoms with van der Waals surface area (Å²) in [6, 6.07) is 0.255. The fraction of sp³-hybridized carbons (Fsp3) is 0.733. The lowest BCUT2D eigenvalue weighted by Gasteiger charge is -2.24. The van der Waals surface area contributed by atoms with Gasteiger partial charge in [0, 0.05) is 19.1 Å². The minimum atomic E-state index is -0.449. The van der Waals surface area contributed by atoms with Crippen LogP contribution in [0.1, 0.15) is 44.5 Å². The van der Waals surface area contributed by atoms with Crippen LogP contribution in [0, 0.1) is 13.8 Å². The molecule has 0 aliphatic carbocycles. The highest BCUT2D eigenvalue weighted by atomic mass is 16.6. The molecule has 0 bridgehead atoms. The van der Waals surface area contributed by atoms with Crippen molar-refractivity contribution in [1.29, 1.82) is 0 Å². The molecule has 21 heavy (non-hydrogen) atoms. The molecule has 1 fully saturated rings. The summed E-state index contributed by atoms with van der Waals surface area (Å²) in [5.41, 5.74) is 0.476. The Morgan fingerprint density at radius 3 is 2.76 bits per heavy atom. The van der Waals surface area contributed by atoms with Crippen LogP contribution >= 0.6 is 0 Å². The molecule has 1 aromatic rings. The van der Waals surface area contributed by atoms with E-state index in [0.717, 1.165) is 24.4 Å². The lowest BCUT2D eigenvalue weighted by molar-refractivity contribution is 0.0291. The highest BCUT2D eigenvalue weighted by Gasteiger charge is 2.29. The smallest absolute Gasteiger partial charge is 0.410 e. The van der Waals surface area contributed by atoms with Crippen molar-refractivity contribution >= 4 is 6.09 Å². The number of hydrogen-bond acceptors (Lipinski definition) is 5. The number of carbonyl (C=O) groups is 1. The predicted octanol–water partition coefficient (Wildman–Crippen LogP) is 2.39. The van der Waals surface area contributed by atoms with E-state index < -0.39 is 5.60 Å². The van der Waals surface area contributed by atoms with Gasteiger partial charge >= 0.3 is 6.09 Å². The van der Waals surface area contributed by atoms with Crippen LogP contribution in [-0.4, -0.2) is 40.7 Å². The number of likely N-dealkylation sites (tertiary alicyclic amines) is 1. The molecule has 1 atom stereocenters. The molecule has 2 rings (SSSR count). The second-order valence-corrected chi connectivity index (χ2v) is 6.54. The Bertz CT molecular complexity index is 485. The molecule has 118 valence electrons. The summed E-state index contributed by atoms with van der Waals surface area (Å²) in [5.74, 6) is 1.55. The number of oxazole rings is 1. The van der Waals surface area contributed by atoms with Crippen molar-refractivity contribution in [3.63, 3.8) is 0 Å². The third kappa shape index (κ3) is 4.46. The maximum atomic E-state index is 12.0. The van der Waals surface area contributed by atoms with Gasteiger partial charge in [-0.05, 0) is 41.0 Å². The molecule has 1 aromatic heterocycles. The van der Waals surface area contributed by atoms with E-state index in [9.17, 15) is 4.79 Å². The van der Waals surface area contributed by atoms with E-state index in [1.165, 1.54) is 0 Å². The molecule has 6 nitrogen and oxygen atoms in total. The lowest BCUT2D eigenvalue weighted by atomic mass is 10.2. The Hall–Kier alpha value is -1.56. The second kappa shape index (κ2) is 6.05. The second-order valence-electron chi connectivity index (χ2n) is 6.54. The first-order valence-electron chi connectivity index (χ1n) is 7.39. The molecule has 1 saturated heterocycles. The Kier molecular flexibility index (Phi) is 4.56. The van der Waals surface area contributed by atoms with Crippen molar-refractivity contribution in [2.75, 3.05) is 13.1 Å². The predicted molar refractivity (Wildman–Crippen MR) is 79.0 cm³/mol. The highest BCUT2D eigenvalue weighted by Crippen LogP contribution is 2.16. The summed E-state index contributed by atoms with van der Waals surface area (Å²) < 4.78 is 10.9. The maximum Gasteiger partial charge on any atom is 0.410 e. The van der Waals surface area contributed by atoms with Crippen molar-refractivity contribution in [1.82, 2.24) is 15.2 Å². The molecule has 1 unspecified atom stereocenters. The molecule has 1 amide bonds. The molecular weight excluding hydrogens is 270 g/mol. The molecule has 0 radical (unpaired) electrons. The first-order chi connectivity index (χ1) is 9.74. The fourth-order valence-corrected chi connectivity index (χ4v) is 2.27. The first-order valence-corrected chi connectivity index (χ1v) is 7.39. The summed E-state index contributed by atoms with van der Waals surface area (Å²) >= 11 is 0. The quantitative estimate of drug-likeness (QED) is 0.927. The number of nitrogens with one attached hydrogen (secondary N) is 1. The van der Waals surface area contributed by atoms with Gasteiger partial charge in [-0.15, -0.1) is 0 Å². The van der Waals surface area contributed by atoms with Gasteiger partial charge in [-0.25, -0.2) is 9.78 Å². The third-order valence-corrected chi connectivity index (χ3v) is 3.45. The van der Waals surface area contributed by atoms with Crippen LogP contribution in [0.4, 0.5) is 4.79 Å². The Morgan fingerprint density at radius 1 is 1.48 bits per heavy atom. The number of nitrogens with zero attached hydrogens (tertiary/aromatic N) is 2. The minimum Gasteiger partial charge on any atom is -0.444 e. The van der Waals surface area contributed by atoms with Gasteiger partial charge in [0.1, 0.15) is 11.4 Å². The monoisotopic (exact) mass is 295 g/mol. The van der Waals surface area contributed by atoms with Crippen LogP contribution in [-0.2, 0) is 11.3 Å². The molecular formula is C15H25N3O3. The van der Waals surface area contributed by atoms with Gasteiger partial charge in [0.25, 0.3) is 0 Å². The number of rotatable bonds is 3. The zero-order valence-corrected chi connectivity index (χ0v) is 13.5. The Morgan fingerprint density at radius 2 is 2.19 bits per heavy atom. The number of aryl methyl sites for hydroxylation is 2. The van der Waals surface area contributed by atoms with Crippen molar-refractivity contribution < 1.29 is 13.9 Å². The summed E-state index contributed by atoms with van der Waals surface area (Å²) in [5, 5.41) is 3.38. The van der Waals surface area contributed by atoms with Gasteiger partial charge in [0.05, 0.1) is 12.2 Å². The summed E-state index contributed by atoms with van der Waals surface area (Å²) in [7, 11) is 0. The molecule has 6 heteroatoms. The number of hydrogen-bond donors (Lipinski definition) is 1. The van der Waals surface area contributed by atoms with E-state index in [2.05, 4.69) is 10.3 Å². The highest BCUT2D eigenvalue weighted by molar-refractivity contribution is 5.68. The van der Waals surface area contributed by atoms with Crippen molar-refractivity contribution in [3.05, 3.63) is 17.3 Å². The lowest BCUT2D eigenvalue weighted by Crippen LogP contribution is -2.38. The Labute approximate surface area is 125 Å². The Balaban J connectivity index is 1.79. The van der Waals surface area contributed by atoms with Crippen LogP contribution in [0.5, 0.6) is 0 Å². The average Bonchev–Trinajstić information content (AvgIpc) is 2.93. The van der Waals surface area contributed by atoms with Crippen LogP contribution in [0.2, 0.25) is 0 Å². The van der Waals surface area contributed by atoms with Crippen LogP contribution in [0.25, 0.3) is 0 Å². The standard InChI is InChI=1S/C15H25N3O3/c1-10-11(2)20-13(17-10)8-16-12-6-7-18(9-12)14(19)21-15(3,4)5/h12,16H,6-9H2,1-5H3. The third-order valence-electron chi connectivity index (χ3n) is 3.45. The number of ether oxygens (including phenoxy) is 1. The van der Waals surface area contributed by atoms with Gasteiger partial charge < -0.3 is 19.4 Å². The van der Waals surface area contributed by atoms with Gasteiger partial charge in [0.15, 0.2) is 0 Å². The molecule has 0 spiro atoms. The van der Waals surface area contributed by atoms with Crippen LogP contribution < -0.4 is 5.32 Å². The molecule has 2 heterocycles. The molecule has 1 aliphatic heterocycles. The van der Waals surface area contributed by atoms with Crippen molar-refractivity contribution in [3.8, 4) is 0 Å². The SMILES string of the molecule is Cc1nc(CNC2CCN(C(=O)OC(C)(C)C)C2)oc1C. The normalized spacial score (nSPS) is 19.1. The van der Waals surface area contributed by atoms with Crippen LogP contribution in [0.15, 0.2) is 4.42 Å². The van der Waals surface area contributed by atoms with Crippen molar-refractivity contribution in [2.24, 2.45) is 0 Å². The summed E-state index contributed by atoms with van der Waals surface area (Å²) in [6.07, 6.45) is 0.673. The van der Waals surface area contributed by atoms with E-state index in [4.69, 9.17) is 9.15 Å². The molecule has 0 saturated carbocycles. The minimum absolute atomic E-state index is 0.241. The van der Waals surface area contributed by atoms with E-state index in [-0.39, 0.29) is 12.1 Å². The van der Waals surface area contributed by atoms with E-state index in [0.29, 0.717) is 19.0 Å². The van der Waals surface area contributed by atoms with Gasteiger partial charge in [-0.1, -0.05) is 0 Å². The topological polar surface area (TPSA) is 67.6 Å². The zero-order valence-electron chi connectivity index (χ0n) is 13.5. The largest absolute Gasteiger partial charge is 0.444 e. The molecule has 1 aliphatic rings. The molecule has 1 N–H and O–H groups in total. The van der Waals surface area contributed by atoms with Crippen LogP contribution in [0.3, 0.4) is 0 Å². The number of aromatic nitrogens is 1.